The fourth-order valence-electron chi connectivity index (χ4n) is 4.81. The monoisotopic (exact) mass is 606 g/mol. The summed E-state index contributed by atoms with van der Waals surface area (Å²) in [6.45, 7) is 2.01. The van der Waals surface area contributed by atoms with Gasteiger partial charge in [-0.05, 0) is 42.7 Å². The number of aromatic nitrogens is 1. The molecular formula is C26H29FN4O8P2. The Kier molecular flexibility index (Phi) is 8.96. The summed E-state index contributed by atoms with van der Waals surface area (Å²) >= 11 is 0. The number of pyridine rings is 1. The van der Waals surface area contributed by atoms with Crippen LogP contribution < -0.4 is 21.0 Å². The number of anilines is 2. The minimum absolute atomic E-state index is 0.0643. The number of ether oxygens (including phenoxy) is 1. The molecule has 0 bridgehead atoms. The number of carbonyl (C=O) groups is 2. The molecule has 5 rings (SSSR count). The Bertz CT molecular complexity index is 1500. The molecule has 2 heterocycles. The molecule has 6 N–H and O–H groups in total. The van der Waals surface area contributed by atoms with Gasteiger partial charge in [0.2, 0.25) is 5.43 Å². The molecule has 2 aromatic carbocycles. The Balaban J connectivity index is 1.30. The quantitative estimate of drug-likeness (QED) is 0.157. The highest BCUT2D eigenvalue weighted by Crippen LogP contribution is 2.60. The first-order chi connectivity index (χ1) is 19.6. The zero-order chi connectivity index (χ0) is 29.3. The summed E-state index contributed by atoms with van der Waals surface area (Å²) < 4.78 is 22.1. The number of rotatable bonds is 9. The minimum atomic E-state index is -2.63. The molecule has 2 fully saturated rings. The van der Waals surface area contributed by atoms with Crippen LogP contribution in [0.25, 0.3) is 10.9 Å². The number of nitrogens with one attached hydrogen (secondary N) is 2. The summed E-state index contributed by atoms with van der Waals surface area (Å²) in [5, 5.41) is 4.55. The first-order valence-electron chi connectivity index (χ1n) is 12.9. The molecule has 1 aliphatic heterocycles. The molecule has 1 aliphatic carbocycles. The molecule has 1 saturated heterocycles. The van der Waals surface area contributed by atoms with E-state index >= 15 is 4.39 Å². The first kappa shape index (κ1) is 29.5. The molecule has 0 spiro atoms. The summed E-state index contributed by atoms with van der Waals surface area (Å²) in [4.78, 5) is 78.2. The highest BCUT2D eigenvalue weighted by Gasteiger charge is 2.30. The average Bonchev–Trinajstić information content (AvgIpc) is 3.79. The van der Waals surface area contributed by atoms with Crippen LogP contribution in [-0.2, 0) is 9.53 Å². The van der Waals surface area contributed by atoms with E-state index in [0.717, 1.165) is 25.9 Å². The predicted molar refractivity (Wildman–Crippen MR) is 152 cm³/mol. The van der Waals surface area contributed by atoms with Crippen molar-refractivity contribution >= 4 is 50.9 Å². The Morgan fingerprint density at radius 1 is 1.07 bits per heavy atom. The van der Waals surface area contributed by atoms with Gasteiger partial charge in [-0.2, -0.15) is 0 Å². The van der Waals surface area contributed by atoms with Crippen molar-refractivity contribution in [3.63, 3.8) is 0 Å². The van der Waals surface area contributed by atoms with Crippen molar-refractivity contribution in [2.75, 3.05) is 43.0 Å². The van der Waals surface area contributed by atoms with Gasteiger partial charge in [-0.25, -0.2) is 9.18 Å². The van der Waals surface area contributed by atoms with Crippen molar-refractivity contribution in [3.05, 3.63) is 69.8 Å². The van der Waals surface area contributed by atoms with Crippen LogP contribution in [0, 0.1) is 5.82 Å². The fraction of sp³-hybridized carbons (Fsp3) is 0.346. The summed E-state index contributed by atoms with van der Waals surface area (Å²) in [6.07, 6.45) is 3.13. The van der Waals surface area contributed by atoms with Gasteiger partial charge >= 0.3 is 5.97 Å². The van der Waals surface area contributed by atoms with Crippen molar-refractivity contribution < 1.29 is 38.3 Å². The molecule has 0 atom stereocenters. The highest BCUT2D eigenvalue weighted by molar-refractivity contribution is 7.63. The topological polar surface area (TPSA) is 174 Å². The van der Waals surface area contributed by atoms with Crippen LogP contribution in [0.2, 0.25) is 0 Å². The van der Waals surface area contributed by atoms with E-state index in [1.54, 1.807) is 6.07 Å². The molecule has 2 aliphatic rings. The molecule has 12 nitrogen and oxygen atoms in total. The molecule has 3 aromatic rings. The molecule has 15 heteroatoms. The van der Waals surface area contributed by atoms with E-state index in [-0.39, 0.29) is 28.2 Å². The number of nitrogens with zero attached hydrogens (tertiary/aromatic N) is 2. The van der Waals surface area contributed by atoms with Gasteiger partial charge in [-0.15, -0.1) is 0 Å². The first-order valence-corrected chi connectivity index (χ1v) is 15.5. The largest absolute Gasteiger partial charge is 0.452 e. The van der Waals surface area contributed by atoms with Crippen LogP contribution in [0.1, 0.15) is 40.2 Å². The van der Waals surface area contributed by atoms with Crippen LogP contribution in [0.15, 0.2) is 47.4 Å². The van der Waals surface area contributed by atoms with E-state index < -0.39 is 51.9 Å². The minimum Gasteiger partial charge on any atom is -0.452 e. The third kappa shape index (κ3) is 6.57. The lowest BCUT2D eigenvalue weighted by atomic mass is 10.1. The molecule has 218 valence electrons. The van der Waals surface area contributed by atoms with Gasteiger partial charge in [0.15, 0.2) is 23.4 Å². The number of amides is 1. The maximum absolute atomic E-state index is 15.1. The lowest BCUT2D eigenvalue weighted by molar-refractivity contribution is -0.119. The predicted octanol–water partition coefficient (Wildman–Crippen LogP) is 2.27. The second kappa shape index (κ2) is 12.5. The van der Waals surface area contributed by atoms with Gasteiger partial charge in [-0.1, -0.05) is 12.1 Å². The van der Waals surface area contributed by atoms with Crippen LogP contribution in [-0.4, -0.2) is 68.8 Å². The van der Waals surface area contributed by atoms with Gasteiger partial charge in [0, 0.05) is 49.5 Å². The zero-order valence-electron chi connectivity index (χ0n) is 21.7. The highest BCUT2D eigenvalue weighted by atomic mass is 31.2. The smallest absolute Gasteiger partial charge is 0.344 e. The van der Waals surface area contributed by atoms with Gasteiger partial charge in [0.1, 0.15) is 16.8 Å². The number of carbonyl (C=O) groups excluding carboxylic acids is 2. The summed E-state index contributed by atoms with van der Waals surface area (Å²) in [5.41, 5.74) is 0.519. The van der Waals surface area contributed by atoms with E-state index in [1.807, 2.05) is 9.47 Å². The molecule has 1 aromatic heterocycles. The average molecular weight is 606 g/mol. The summed E-state index contributed by atoms with van der Waals surface area (Å²) in [5.74, 6) is -2.26. The third-order valence-corrected chi connectivity index (χ3v) is 9.69. The lowest BCUT2D eigenvalue weighted by Crippen LogP contribution is -2.43. The number of fused-ring (bicyclic) bond motifs is 1. The van der Waals surface area contributed by atoms with Crippen molar-refractivity contribution in [2.45, 2.75) is 24.3 Å². The molecule has 0 unspecified atom stereocenters. The van der Waals surface area contributed by atoms with Crippen molar-refractivity contribution in [3.8, 4) is 0 Å². The second-order valence-electron chi connectivity index (χ2n) is 9.83. The van der Waals surface area contributed by atoms with E-state index in [4.69, 9.17) is 4.74 Å². The van der Waals surface area contributed by atoms with Crippen molar-refractivity contribution in [1.29, 1.82) is 0 Å². The van der Waals surface area contributed by atoms with E-state index in [9.17, 15) is 34.0 Å². The van der Waals surface area contributed by atoms with Gasteiger partial charge in [0.05, 0.1) is 11.2 Å². The Morgan fingerprint density at radius 2 is 1.73 bits per heavy atom. The lowest BCUT2D eigenvalue weighted by Gasteiger charge is -2.30. The molecule has 1 amide bonds. The van der Waals surface area contributed by atoms with Crippen molar-refractivity contribution in [2.24, 2.45) is 0 Å². The van der Waals surface area contributed by atoms with Crippen LogP contribution in [0.3, 0.4) is 0 Å². The van der Waals surface area contributed by atoms with E-state index in [0.29, 0.717) is 24.3 Å². The number of halogens is 1. The summed E-state index contributed by atoms with van der Waals surface area (Å²) in [6, 6.07) is 8.53. The molecular weight excluding hydrogens is 577 g/mol. The van der Waals surface area contributed by atoms with Crippen LogP contribution in [0.5, 0.6) is 0 Å². The fourth-order valence-corrected chi connectivity index (χ4v) is 6.43. The van der Waals surface area contributed by atoms with Crippen LogP contribution in [0.4, 0.5) is 15.8 Å². The zero-order valence-corrected chi connectivity index (χ0v) is 23.5. The Hall–Kier alpha value is -3.02. The number of piperazine rings is 1. The van der Waals surface area contributed by atoms with Crippen LogP contribution >= 0.6 is 16.8 Å². The van der Waals surface area contributed by atoms with Gasteiger partial charge in [0.25, 0.3) is 5.91 Å². The number of benzene rings is 2. The van der Waals surface area contributed by atoms with E-state index in [1.165, 1.54) is 36.5 Å². The van der Waals surface area contributed by atoms with Crippen molar-refractivity contribution in [1.82, 2.24) is 9.88 Å². The maximum Gasteiger partial charge on any atom is 0.344 e. The molecule has 41 heavy (non-hydrogen) atoms. The van der Waals surface area contributed by atoms with E-state index in [2.05, 4.69) is 10.6 Å². The summed E-state index contributed by atoms with van der Waals surface area (Å²) in [7, 11) is -5.27. The number of hydrogen-bond acceptors (Lipinski definition) is 10. The van der Waals surface area contributed by atoms with Gasteiger partial charge in [-0.3, -0.25) is 9.59 Å². The SMILES string of the molecule is O=C(COC(=O)c1cn(C2CC2)c2cc(N3CCNCC3)c(F)cc2c1=O)Nc1ccc(C(P(O)O)P(O)O)cc1. The molecule has 1 saturated carbocycles. The standard InChI is InChI=1S/C26H29FN4O8P2/c27-20-11-18-21(12-22(20)30-9-7-28-8-10-30)31(17-5-6-17)13-19(24(18)33)25(34)39-14-23(32)29-16-3-1-15(2-4-16)26(40(35)36)41(37)38/h1-4,11-13,17,26,28,35-38H,5-10,14H2,(H,29,32). The normalized spacial score (nSPS) is 15.7. The van der Waals surface area contributed by atoms with Gasteiger partial charge < -0.3 is 44.4 Å². The Morgan fingerprint density at radius 3 is 2.34 bits per heavy atom. The second-order valence-corrected chi connectivity index (χ2v) is 12.6. The third-order valence-electron chi connectivity index (χ3n) is 6.98. The maximum atomic E-state index is 15.1. The number of esters is 1. The number of hydrogen-bond donors (Lipinski definition) is 6. The Labute approximate surface area is 236 Å². The molecule has 0 radical (unpaired) electrons.